The summed E-state index contributed by atoms with van der Waals surface area (Å²) in [6, 6.07) is 9.51. The lowest BCUT2D eigenvalue weighted by molar-refractivity contribution is -0.115. The van der Waals surface area contributed by atoms with Crippen LogP contribution in [0.15, 0.2) is 41.1 Å². The average Bonchev–Trinajstić information content (AvgIpc) is 2.95. The van der Waals surface area contributed by atoms with Crippen LogP contribution < -0.4 is 10.6 Å². The number of nitrogens with one attached hydrogen (secondary N) is 2. The quantitative estimate of drug-likeness (QED) is 0.765. The molecule has 3 N–H and O–H groups in total. The summed E-state index contributed by atoms with van der Waals surface area (Å²) in [4.78, 5) is 11.7. The number of aliphatic hydroxyl groups excluding tert-OH is 1. The molecule has 0 saturated carbocycles. The number of aryl methyl sites for hydroxylation is 1. The standard InChI is InChI=1S/C15H18N2O2S/c1-11-2-4-13(5-3-11)17-15(19)9-16-8-14(18)12-6-7-20-10-12/h2-7,10,14,16,18H,8-9H2,1H3,(H,17,19). The van der Waals surface area contributed by atoms with Crippen LogP contribution in [0.25, 0.3) is 0 Å². The topological polar surface area (TPSA) is 61.4 Å². The number of amides is 1. The van der Waals surface area contributed by atoms with Crippen LogP contribution >= 0.6 is 11.3 Å². The van der Waals surface area contributed by atoms with Gasteiger partial charge in [0.2, 0.25) is 5.91 Å². The summed E-state index contributed by atoms with van der Waals surface area (Å²) >= 11 is 1.54. The van der Waals surface area contributed by atoms with Crippen molar-refractivity contribution in [3.63, 3.8) is 0 Å². The first-order valence-electron chi connectivity index (χ1n) is 6.42. The molecule has 2 rings (SSSR count). The van der Waals surface area contributed by atoms with Gasteiger partial charge in [0.1, 0.15) is 0 Å². The summed E-state index contributed by atoms with van der Waals surface area (Å²) in [6.07, 6.45) is -0.576. The summed E-state index contributed by atoms with van der Waals surface area (Å²) in [6.45, 7) is 2.53. The summed E-state index contributed by atoms with van der Waals surface area (Å²) < 4.78 is 0. The van der Waals surface area contributed by atoms with E-state index >= 15 is 0 Å². The second-order valence-corrected chi connectivity index (χ2v) is 5.40. The van der Waals surface area contributed by atoms with Crippen LogP contribution in [0.3, 0.4) is 0 Å². The van der Waals surface area contributed by atoms with E-state index in [1.54, 1.807) is 11.3 Å². The Labute approximate surface area is 122 Å². The average molecular weight is 290 g/mol. The molecule has 0 aliphatic heterocycles. The Morgan fingerprint density at radius 3 is 2.70 bits per heavy atom. The van der Waals surface area contributed by atoms with E-state index in [0.717, 1.165) is 16.8 Å². The Kier molecular flexibility index (Phi) is 5.29. The molecule has 106 valence electrons. The van der Waals surface area contributed by atoms with Crippen molar-refractivity contribution in [2.75, 3.05) is 18.4 Å². The van der Waals surface area contributed by atoms with Crippen molar-refractivity contribution in [1.29, 1.82) is 0 Å². The number of hydrogen-bond acceptors (Lipinski definition) is 4. The number of hydrogen-bond donors (Lipinski definition) is 3. The molecule has 0 radical (unpaired) electrons. The minimum atomic E-state index is -0.576. The zero-order valence-electron chi connectivity index (χ0n) is 11.3. The minimum Gasteiger partial charge on any atom is -0.387 e. The highest BCUT2D eigenvalue weighted by molar-refractivity contribution is 7.07. The zero-order chi connectivity index (χ0) is 14.4. The summed E-state index contributed by atoms with van der Waals surface area (Å²) in [5, 5.41) is 19.4. The molecule has 0 saturated heterocycles. The summed E-state index contributed by atoms with van der Waals surface area (Å²) in [7, 11) is 0. The van der Waals surface area contributed by atoms with Gasteiger partial charge in [-0.05, 0) is 41.4 Å². The summed E-state index contributed by atoms with van der Waals surface area (Å²) in [5.41, 5.74) is 2.81. The molecule has 0 spiro atoms. The van der Waals surface area contributed by atoms with Crippen LogP contribution in [0.5, 0.6) is 0 Å². The van der Waals surface area contributed by atoms with Gasteiger partial charge in [-0.3, -0.25) is 4.79 Å². The summed E-state index contributed by atoms with van der Waals surface area (Å²) in [5.74, 6) is -0.119. The van der Waals surface area contributed by atoms with Crippen molar-refractivity contribution in [3.8, 4) is 0 Å². The third kappa shape index (κ3) is 4.45. The fourth-order valence-corrected chi connectivity index (χ4v) is 2.45. The molecule has 1 atom stereocenters. The lowest BCUT2D eigenvalue weighted by Crippen LogP contribution is -2.31. The molecule has 1 heterocycles. The van der Waals surface area contributed by atoms with E-state index in [1.807, 2.05) is 48.0 Å². The number of carbonyl (C=O) groups is 1. The minimum absolute atomic E-state index is 0.119. The predicted molar refractivity (Wildman–Crippen MR) is 82.0 cm³/mol. The first kappa shape index (κ1) is 14.7. The maximum atomic E-state index is 11.7. The monoisotopic (exact) mass is 290 g/mol. The van der Waals surface area contributed by atoms with Crippen molar-refractivity contribution in [3.05, 3.63) is 52.2 Å². The van der Waals surface area contributed by atoms with Crippen LogP contribution in [0.4, 0.5) is 5.69 Å². The third-order valence-electron chi connectivity index (χ3n) is 2.89. The van der Waals surface area contributed by atoms with E-state index in [9.17, 15) is 9.90 Å². The highest BCUT2D eigenvalue weighted by Crippen LogP contribution is 2.14. The molecule has 1 amide bonds. The van der Waals surface area contributed by atoms with Crippen molar-refractivity contribution >= 4 is 22.9 Å². The number of benzene rings is 1. The molecule has 2 aromatic rings. The molecule has 5 heteroatoms. The molecule has 1 unspecified atom stereocenters. The van der Waals surface area contributed by atoms with Crippen LogP contribution in [0.1, 0.15) is 17.2 Å². The molecule has 0 fully saturated rings. The lowest BCUT2D eigenvalue weighted by Gasteiger charge is -2.10. The van der Waals surface area contributed by atoms with Crippen molar-refractivity contribution in [1.82, 2.24) is 5.32 Å². The Balaban J connectivity index is 1.71. The van der Waals surface area contributed by atoms with Crippen LogP contribution in [-0.2, 0) is 4.79 Å². The van der Waals surface area contributed by atoms with Crippen molar-refractivity contribution in [2.24, 2.45) is 0 Å². The zero-order valence-corrected chi connectivity index (χ0v) is 12.1. The first-order chi connectivity index (χ1) is 9.65. The highest BCUT2D eigenvalue weighted by Gasteiger charge is 2.08. The van der Waals surface area contributed by atoms with Gasteiger partial charge in [-0.25, -0.2) is 0 Å². The van der Waals surface area contributed by atoms with E-state index in [2.05, 4.69) is 10.6 Å². The van der Waals surface area contributed by atoms with Gasteiger partial charge >= 0.3 is 0 Å². The molecule has 0 aliphatic carbocycles. The Bertz CT molecular complexity index is 538. The molecule has 1 aromatic heterocycles. The third-order valence-corrected chi connectivity index (χ3v) is 3.59. The number of thiophene rings is 1. The van der Waals surface area contributed by atoms with E-state index in [4.69, 9.17) is 0 Å². The predicted octanol–water partition coefficient (Wildman–Crippen LogP) is 2.32. The van der Waals surface area contributed by atoms with Crippen molar-refractivity contribution < 1.29 is 9.90 Å². The van der Waals surface area contributed by atoms with E-state index in [0.29, 0.717) is 6.54 Å². The molecule has 20 heavy (non-hydrogen) atoms. The molecule has 1 aromatic carbocycles. The fraction of sp³-hybridized carbons (Fsp3) is 0.267. The number of aliphatic hydroxyl groups is 1. The molecule has 4 nitrogen and oxygen atoms in total. The van der Waals surface area contributed by atoms with Crippen LogP contribution in [0, 0.1) is 6.92 Å². The van der Waals surface area contributed by atoms with Crippen LogP contribution in [-0.4, -0.2) is 24.1 Å². The van der Waals surface area contributed by atoms with Gasteiger partial charge in [-0.2, -0.15) is 11.3 Å². The van der Waals surface area contributed by atoms with E-state index < -0.39 is 6.10 Å². The van der Waals surface area contributed by atoms with Gasteiger partial charge in [-0.1, -0.05) is 17.7 Å². The normalized spacial score (nSPS) is 12.1. The fourth-order valence-electron chi connectivity index (χ4n) is 1.75. The number of carbonyl (C=O) groups excluding carboxylic acids is 1. The maximum absolute atomic E-state index is 11.7. The van der Waals surface area contributed by atoms with Gasteiger partial charge < -0.3 is 15.7 Å². The van der Waals surface area contributed by atoms with Gasteiger partial charge in [0.15, 0.2) is 0 Å². The van der Waals surface area contributed by atoms with Gasteiger partial charge in [0, 0.05) is 12.2 Å². The highest BCUT2D eigenvalue weighted by atomic mass is 32.1. The number of rotatable bonds is 6. The van der Waals surface area contributed by atoms with E-state index in [1.165, 1.54) is 0 Å². The van der Waals surface area contributed by atoms with E-state index in [-0.39, 0.29) is 12.5 Å². The second-order valence-electron chi connectivity index (χ2n) is 4.62. The van der Waals surface area contributed by atoms with Gasteiger partial charge in [0.05, 0.1) is 12.6 Å². The van der Waals surface area contributed by atoms with Gasteiger partial charge in [0.25, 0.3) is 0 Å². The Morgan fingerprint density at radius 1 is 1.30 bits per heavy atom. The first-order valence-corrected chi connectivity index (χ1v) is 7.37. The van der Waals surface area contributed by atoms with Crippen molar-refractivity contribution in [2.45, 2.75) is 13.0 Å². The SMILES string of the molecule is Cc1ccc(NC(=O)CNCC(O)c2ccsc2)cc1. The Morgan fingerprint density at radius 2 is 2.05 bits per heavy atom. The number of anilines is 1. The second kappa shape index (κ2) is 7.19. The van der Waals surface area contributed by atoms with Crippen LogP contribution in [0.2, 0.25) is 0 Å². The maximum Gasteiger partial charge on any atom is 0.238 e. The molecular weight excluding hydrogens is 272 g/mol. The van der Waals surface area contributed by atoms with Gasteiger partial charge in [-0.15, -0.1) is 0 Å². The Hall–Kier alpha value is -1.69. The molecular formula is C15H18N2O2S. The molecule has 0 aliphatic rings. The smallest absolute Gasteiger partial charge is 0.238 e. The largest absolute Gasteiger partial charge is 0.387 e. The molecule has 0 bridgehead atoms. The lowest BCUT2D eigenvalue weighted by atomic mass is 10.2.